The van der Waals surface area contributed by atoms with Gasteiger partial charge in [0, 0.05) is 19.6 Å². The number of hydrogen-bond donors (Lipinski definition) is 1. The number of hydrogen-bond acceptors (Lipinski definition) is 5. The SMILES string of the molecule is N#Cc1ccnnc1N1CCNCC12CCCCC2. The maximum absolute atomic E-state index is 9.28. The first kappa shape index (κ1) is 12.4. The zero-order valence-corrected chi connectivity index (χ0v) is 11.1. The summed E-state index contributed by atoms with van der Waals surface area (Å²) in [5.41, 5.74) is 0.778. The molecule has 19 heavy (non-hydrogen) atoms. The molecule has 5 nitrogen and oxygen atoms in total. The first-order valence-electron chi connectivity index (χ1n) is 7.06. The van der Waals surface area contributed by atoms with Crippen LogP contribution in [-0.2, 0) is 0 Å². The molecule has 100 valence electrons. The van der Waals surface area contributed by atoms with E-state index in [4.69, 9.17) is 0 Å². The van der Waals surface area contributed by atoms with Gasteiger partial charge in [0.05, 0.1) is 17.3 Å². The molecule has 1 spiro atoms. The van der Waals surface area contributed by atoms with Crippen molar-refractivity contribution in [1.29, 1.82) is 5.26 Å². The van der Waals surface area contributed by atoms with Crippen molar-refractivity contribution in [3.8, 4) is 6.07 Å². The van der Waals surface area contributed by atoms with Crippen molar-refractivity contribution in [3.63, 3.8) is 0 Å². The quantitative estimate of drug-likeness (QED) is 0.825. The Kier molecular flexibility index (Phi) is 3.34. The summed E-state index contributed by atoms with van der Waals surface area (Å²) in [5, 5.41) is 21.0. The molecule has 2 aliphatic rings. The Balaban J connectivity index is 1.98. The number of piperazine rings is 1. The lowest BCUT2D eigenvalue weighted by atomic mass is 9.79. The van der Waals surface area contributed by atoms with Crippen LogP contribution in [0.25, 0.3) is 0 Å². The molecular formula is C14H19N5. The summed E-state index contributed by atoms with van der Waals surface area (Å²) < 4.78 is 0. The van der Waals surface area contributed by atoms with Gasteiger partial charge in [-0.25, -0.2) is 0 Å². The largest absolute Gasteiger partial charge is 0.346 e. The van der Waals surface area contributed by atoms with Crippen molar-refractivity contribution in [2.75, 3.05) is 24.5 Å². The standard InChI is InChI=1S/C14H19N5/c15-10-12-4-7-17-18-13(12)19-9-8-16-11-14(19)5-2-1-3-6-14/h4,7,16H,1-3,5-6,8-9,11H2. The second-order valence-electron chi connectivity index (χ2n) is 5.49. The highest BCUT2D eigenvalue weighted by atomic mass is 15.3. The van der Waals surface area contributed by atoms with Gasteiger partial charge in [-0.05, 0) is 18.9 Å². The first-order valence-corrected chi connectivity index (χ1v) is 7.06. The van der Waals surface area contributed by atoms with Crippen LogP contribution in [0.5, 0.6) is 0 Å². The summed E-state index contributed by atoms with van der Waals surface area (Å²) in [7, 11) is 0. The van der Waals surface area contributed by atoms with E-state index in [0.29, 0.717) is 5.56 Å². The van der Waals surface area contributed by atoms with E-state index in [1.165, 1.54) is 32.1 Å². The monoisotopic (exact) mass is 257 g/mol. The average molecular weight is 257 g/mol. The van der Waals surface area contributed by atoms with E-state index < -0.39 is 0 Å². The highest BCUT2D eigenvalue weighted by Gasteiger charge is 2.41. The minimum absolute atomic E-state index is 0.137. The molecule has 5 heteroatoms. The van der Waals surface area contributed by atoms with E-state index >= 15 is 0 Å². The molecular weight excluding hydrogens is 238 g/mol. The van der Waals surface area contributed by atoms with Crippen molar-refractivity contribution in [2.45, 2.75) is 37.6 Å². The van der Waals surface area contributed by atoms with Crippen LogP contribution in [-0.4, -0.2) is 35.4 Å². The molecule has 1 aliphatic carbocycles. The summed E-state index contributed by atoms with van der Waals surface area (Å²) in [6.45, 7) is 2.85. The lowest BCUT2D eigenvalue weighted by molar-refractivity contribution is 0.239. The van der Waals surface area contributed by atoms with Crippen molar-refractivity contribution in [2.24, 2.45) is 0 Å². The van der Waals surface area contributed by atoms with Gasteiger partial charge in [0.2, 0.25) is 0 Å². The molecule has 3 rings (SSSR count). The summed E-state index contributed by atoms with van der Waals surface area (Å²) in [5.74, 6) is 0.772. The fourth-order valence-corrected chi connectivity index (χ4v) is 3.44. The van der Waals surface area contributed by atoms with Gasteiger partial charge in [-0.1, -0.05) is 19.3 Å². The molecule has 2 fully saturated rings. The molecule has 0 radical (unpaired) electrons. The summed E-state index contributed by atoms with van der Waals surface area (Å²) in [6.07, 6.45) is 7.81. The van der Waals surface area contributed by atoms with Gasteiger partial charge in [0.25, 0.3) is 0 Å². The van der Waals surface area contributed by atoms with Crippen LogP contribution >= 0.6 is 0 Å². The number of nitriles is 1. The van der Waals surface area contributed by atoms with Gasteiger partial charge < -0.3 is 10.2 Å². The van der Waals surface area contributed by atoms with Gasteiger partial charge in [0.15, 0.2) is 5.82 Å². The predicted molar refractivity (Wildman–Crippen MR) is 72.8 cm³/mol. The van der Waals surface area contributed by atoms with Crippen LogP contribution in [0.1, 0.15) is 37.7 Å². The zero-order valence-electron chi connectivity index (χ0n) is 11.1. The smallest absolute Gasteiger partial charge is 0.169 e. The van der Waals surface area contributed by atoms with Gasteiger partial charge in [0.1, 0.15) is 6.07 Å². The maximum atomic E-state index is 9.28. The Morgan fingerprint density at radius 2 is 2.16 bits per heavy atom. The Bertz CT molecular complexity index is 479. The van der Waals surface area contributed by atoms with Crippen LogP contribution in [0.3, 0.4) is 0 Å². The van der Waals surface area contributed by atoms with E-state index in [0.717, 1.165) is 25.5 Å². The lowest BCUT2D eigenvalue weighted by Crippen LogP contribution is -2.62. The van der Waals surface area contributed by atoms with Gasteiger partial charge in [-0.15, -0.1) is 5.10 Å². The molecule has 2 heterocycles. The molecule has 0 amide bonds. The number of anilines is 1. The number of aromatic nitrogens is 2. The first-order chi connectivity index (χ1) is 9.36. The van der Waals surface area contributed by atoms with Crippen LogP contribution in [0.15, 0.2) is 12.3 Å². The van der Waals surface area contributed by atoms with Crippen LogP contribution in [0.2, 0.25) is 0 Å². The molecule has 0 unspecified atom stereocenters. The zero-order chi connectivity index (χ0) is 13.1. The van der Waals surface area contributed by atoms with Crippen molar-refractivity contribution >= 4 is 5.82 Å². The molecule has 0 atom stereocenters. The highest BCUT2D eigenvalue weighted by molar-refractivity contribution is 5.55. The minimum atomic E-state index is 0.137. The Hall–Kier alpha value is -1.67. The van der Waals surface area contributed by atoms with E-state index in [1.807, 2.05) is 0 Å². The maximum Gasteiger partial charge on any atom is 0.169 e. The third-order valence-electron chi connectivity index (χ3n) is 4.40. The molecule has 1 aromatic heterocycles. The fraction of sp³-hybridized carbons (Fsp3) is 0.643. The topological polar surface area (TPSA) is 64.8 Å². The van der Waals surface area contributed by atoms with Gasteiger partial charge >= 0.3 is 0 Å². The Labute approximate surface area is 113 Å². The van der Waals surface area contributed by atoms with Gasteiger partial charge in [-0.2, -0.15) is 10.4 Å². The minimum Gasteiger partial charge on any atom is -0.346 e. The van der Waals surface area contributed by atoms with E-state index in [-0.39, 0.29) is 5.54 Å². The second-order valence-corrected chi connectivity index (χ2v) is 5.49. The van der Waals surface area contributed by atoms with Crippen molar-refractivity contribution in [1.82, 2.24) is 15.5 Å². The van der Waals surface area contributed by atoms with E-state index in [1.54, 1.807) is 12.3 Å². The van der Waals surface area contributed by atoms with E-state index in [2.05, 4.69) is 26.5 Å². The molecule has 1 N–H and O–H groups in total. The van der Waals surface area contributed by atoms with Gasteiger partial charge in [-0.3, -0.25) is 0 Å². The third kappa shape index (κ3) is 2.17. The summed E-state index contributed by atoms with van der Waals surface area (Å²) in [6, 6.07) is 4.02. The lowest BCUT2D eigenvalue weighted by Gasteiger charge is -2.50. The summed E-state index contributed by atoms with van der Waals surface area (Å²) >= 11 is 0. The van der Waals surface area contributed by atoms with Crippen LogP contribution in [0, 0.1) is 11.3 Å². The highest BCUT2D eigenvalue weighted by Crippen LogP contribution is 2.37. The Morgan fingerprint density at radius 3 is 2.95 bits per heavy atom. The van der Waals surface area contributed by atoms with Crippen LogP contribution < -0.4 is 10.2 Å². The Morgan fingerprint density at radius 1 is 1.32 bits per heavy atom. The number of nitrogens with one attached hydrogen (secondary N) is 1. The second kappa shape index (κ2) is 5.14. The molecule has 1 saturated carbocycles. The molecule has 0 bridgehead atoms. The van der Waals surface area contributed by atoms with Crippen molar-refractivity contribution in [3.05, 3.63) is 17.8 Å². The molecule has 1 aromatic rings. The molecule has 1 saturated heterocycles. The fourth-order valence-electron chi connectivity index (χ4n) is 3.44. The molecule has 1 aliphatic heterocycles. The molecule has 0 aromatic carbocycles. The van der Waals surface area contributed by atoms with Crippen molar-refractivity contribution < 1.29 is 0 Å². The normalized spacial score (nSPS) is 22.2. The number of rotatable bonds is 1. The van der Waals surface area contributed by atoms with E-state index in [9.17, 15) is 5.26 Å². The summed E-state index contributed by atoms with van der Waals surface area (Å²) in [4.78, 5) is 2.34. The average Bonchev–Trinajstić information content (AvgIpc) is 2.49. The number of nitrogens with zero attached hydrogens (tertiary/aromatic N) is 4. The predicted octanol–water partition coefficient (Wildman–Crippen LogP) is 1.46. The van der Waals surface area contributed by atoms with Crippen LogP contribution in [0.4, 0.5) is 5.82 Å². The third-order valence-corrected chi connectivity index (χ3v) is 4.40.